The van der Waals surface area contributed by atoms with Crippen LogP contribution in [0.1, 0.15) is 50.6 Å². The van der Waals surface area contributed by atoms with Gasteiger partial charge >= 0.3 is 0 Å². The van der Waals surface area contributed by atoms with Gasteiger partial charge in [0.25, 0.3) is 0 Å². The van der Waals surface area contributed by atoms with Gasteiger partial charge < -0.3 is 14.8 Å². The molecule has 4 heteroatoms. The maximum atomic E-state index is 5.80. The van der Waals surface area contributed by atoms with E-state index in [1.807, 2.05) is 13.2 Å². The quantitative estimate of drug-likeness (QED) is 0.746. The molecule has 2 rings (SSSR count). The van der Waals surface area contributed by atoms with Crippen molar-refractivity contribution in [3.8, 4) is 5.75 Å². The Bertz CT molecular complexity index is 455. The van der Waals surface area contributed by atoms with Gasteiger partial charge in [0.05, 0.1) is 17.2 Å². The molecule has 1 aromatic rings. The summed E-state index contributed by atoms with van der Waals surface area (Å²) in [5.41, 5.74) is 1.36. The Morgan fingerprint density at radius 1 is 1.33 bits per heavy atom. The number of hydrogen-bond donors (Lipinski definition) is 1. The first kappa shape index (κ1) is 16.8. The van der Waals surface area contributed by atoms with Gasteiger partial charge in [0.15, 0.2) is 0 Å². The first-order chi connectivity index (χ1) is 10.1. The zero-order valence-electron chi connectivity index (χ0n) is 13.2. The molecule has 0 aromatic heterocycles. The van der Waals surface area contributed by atoms with Crippen LogP contribution in [-0.2, 0) is 4.74 Å². The SMILES string of the molecule is CCCNC(CC1(OC)CCC1)c1ccc(OC)c(Br)c1. The summed E-state index contributed by atoms with van der Waals surface area (Å²) in [5, 5.41) is 3.67. The number of benzene rings is 1. The highest BCUT2D eigenvalue weighted by Gasteiger charge is 2.39. The molecular weight excluding hydrogens is 330 g/mol. The summed E-state index contributed by atoms with van der Waals surface area (Å²) in [4.78, 5) is 0. The average molecular weight is 356 g/mol. The summed E-state index contributed by atoms with van der Waals surface area (Å²) in [5.74, 6) is 0.873. The van der Waals surface area contributed by atoms with Crippen LogP contribution in [0.4, 0.5) is 0 Å². The average Bonchev–Trinajstić information content (AvgIpc) is 2.46. The maximum Gasteiger partial charge on any atom is 0.133 e. The number of methoxy groups -OCH3 is 2. The first-order valence-electron chi connectivity index (χ1n) is 7.76. The van der Waals surface area contributed by atoms with Gasteiger partial charge in [-0.15, -0.1) is 0 Å². The molecule has 0 bridgehead atoms. The largest absolute Gasteiger partial charge is 0.496 e. The molecule has 1 unspecified atom stereocenters. The Morgan fingerprint density at radius 3 is 2.57 bits per heavy atom. The molecule has 0 spiro atoms. The Morgan fingerprint density at radius 2 is 2.10 bits per heavy atom. The van der Waals surface area contributed by atoms with Crippen molar-refractivity contribution < 1.29 is 9.47 Å². The summed E-state index contributed by atoms with van der Waals surface area (Å²) >= 11 is 3.59. The van der Waals surface area contributed by atoms with E-state index in [9.17, 15) is 0 Å². The van der Waals surface area contributed by atoms with E-state index in [-0.39, 0.29) is 5.60 Å². The van der Waals surface area contributed by atoms with E-state index in [4.69, 9.17) is 9.47 Å². The zero-order chi connectivity index (χ0) is 15.3. The van der Waals surface area contributed by atoms with Crippen LogP contribution >= 0.6 is 15.9 Å². The summed E-state index contributed by atoms with van der Waals surface area (Å²) in [6, 6.07) is 6.67. The summed E-state index contributed by atoms with van der Waals surface area (Å²) in [7, 11) is 3.54. The minimum absolute atomic E-state index is 0.0673. The third kappa shape index (κ3) is 3.99. The predicted molar refractivity (Wildman–Crippen MR) is 89.9 cm³/mol. The van der Waals surface area contributed by atoms with E-state index in [1.165, 1.54) is 24.8 Å². The standard InChI is InChI=1S/C17H26BrNO2/c1-4-10-19-15(12-17(21-3)8-5-9-17)13-6-7-16(20-2)14(18)11-13/h6-7,11,15,19H,4-5,8-10,12H2,1-3H3. The third-order valence-corrected chi connectivity index (χ3v) is 5.11. The molecule has 1 aliphatic carbocycles. The smallest absolute Gasteiger partial charge is 0.133 e. The Kier molecular flexibility index (Phi) is 6.08. The Hall–Kier alpha value is -0.580. The molecule has 118 valence electrons. The molecule has 0 aliphatic heterocycles. The van der Waals surface area contributed by atoms with Crippen LogP contribution in [-0.4, -0.2) is 26.4 Å². The summed E-state index contributed by atoms with van der Waals surface area (Å²) < 4.78 is 12.1. The van der Waals surface area contributed by atoms with E-state index in [2.05, 4.69) is 40.3 Å². The minimum atomic E-state index is 0.0673. The molecule has 21 heavy (non-hydrogen) atoms. The van der Waals surface area contributed by atoms with Crippen molar-refractivity contribution in [2.24, 2.45) is 0 Å². The zero-order valence-corrected chi connectivity index (χ0v) is 14.8. The fraction of sp³-hybridized carbons (Fsp3) is 0.647. The van der Waals surface area contributed by atoms with Crippen LogP contribution in [0.5, 0.6) is 5.75 Å². The van der Waals surface area contributed by atoms with Crippen LogP contribution in [0.25, 0.3) is 0 Å². The van der Waals surface area contributed by atoms with Gasteiger partial charge in [-0.05, 0) is 72.3 Å². The van der Waals surface area contributed by atoms with Gasteiger partial charge in [0, 0.05) is 13.2 Å². The Labute approximate surface area is 136 Å². The van der Waals surface area contributed by atoms with Gasteiger partial charge in [-0.25, -0.2) is 0 Å². The van der Waals surface area contributed by atoms with Crippen molar-refractivity contribution in [1.29, 1.82) is 0 Å². The fourth-order valence-corrected chi connectivity index (χ4v) is 3.52. The van der Waals surface area contributed by atoms with Crippen molar-refractivity contribution in [1.82, 2.24) is 5.32 Å². The lowest BCUT2D eigenvalue weighted by Gasteiger charge is -2.43. The number of halogens is 1. The summed E-state index contributed by atoms with van der Waals surface area (Å²) in [6.45, 7) is 3.22. The van der Waals surface area contributed by atoms with E-state index in [0.717, 1.165) is 29.6 Å². The van der Waals surface area contributed by atoms with E-state index >= 15 is 0 Å². The molecule has 3 nitrogen and oxygen atoms in total. The normalized spacial score (nSPS) is 18.1. The second kappa shape index (κ2) is 7.61. The number of hydrogen-bond acceptors (Lipinski definition) is 3. The maximum absolute atomic E-state index is 5.80. The van der Waals surface area contributed by atoms with Gasteiger partial charge in [0.1, 0.15) is 5.75 Å². The number of nitrogens with one attached hydrogen (secondary N) is 1. The molecule has 0 heterocycles. The highest BCUT2D eigenvalue weighted by atomic mass is 79.9. The van der Waals surface area contributed by atoms with Crippen LogP contribution in [0.3, 0.4) is 0 Å². The first-order valence-corrected chi connectivity index (χ1v) is 8.55. The van der Waals surface area contributed by atoms with Gasteiger partial charge in [-0.1, -0.05) is 13.0 Å². The van der Waals surface area contributed by atoms with Crippen molar-refractivity contribution >= 4 is 15.9 Å². The lowest BCUT2D eigenvalue weighted by molar-refractivity contribution is -0.0838. The monoisotopic (exact) mass is 355 g/mol. The lowest BCUT2D eigenvalue weighted by atomic mass is 9.74. The molecule has 1 aliphatic rings. The highest BCUT2D eigenvalue weighted by Crippen LogP contribution is 2.42. The fourth-order valence-electron chi connectivity index (χ4n) is 2.96. The van der Waals surface area contributed by atoms with Crippen molar-refractivity contribution in [3.63, 3.8) is 0 Å². The molecule has 0 radical (unpaired) electrons. The van der Waals surface area contributed by atoms with Crippen LogP contribution in [0.15, 0.2) is 22.7 Å². The topological polar surface area (TPSA) is 30.5 Å². The van der Waals surface area contributed by atoms with Gasteiger partial charge in [0.2, 0.25) is 0 Å². The minimum Gasteiger partial charge on any atom is -0.496 e. The second-order valence-corrected chi connectivity index (χ2v) is 6.70. The van der Waals surface area contributed by atoms with E-state index in [1.54, 1.807) is 7.11 Å². The van der Waals surface area contributed by atoms with Crippen LogP contribution in [0.2, 0.25) is 0 Å². The molecule has 1 fully saturated rings. The van der Waals surface area contributed by atoms with Gasteiger partial charge in [-0.3, -0.25) is 0 Å². The second-order valence-electron chi connectivity index (χ2n) is 5.85. The highest BCUT2D eigenvalue weighted by molar-refractivity contribution is 9.10. The van der Waals surface area contributed by atoms with Crippen molar-refractivity contribution in [2.75, 3.05) is 20.8 Å². The molecule has 1 atom stereocenters. The number of rotatable bonds is 8. The number of ether oxygens (including phenoxy) is 2. The van der Waals surface area contributed by atoms with Gasteiger partial charge in [-0.2, -0.15) is 0 Å². The van der Waals surface area contributed by atoms with Crippen LogP contribution in [0, 0.1) is 0 Å². The molecule has 1 saturated carbocycles. The molecular formula is C17H26BrNO2. The Balaban J connectivity index is 2.16. The van der Waals surface area contributed by atoms with Crippen molar-refractivity contribution in [2.45, 2.75) is 50.7 Å². The van der Waals surface area contributed by atoms with Crippen LogP contribution < -0.4 is 10.1 Å². The van der Waals surface area contributed by atoms with E-state index in [0.29, 0.717) is 6.04 Å². The van der Waals surface area contributed by atoms with E-state index < -0.39 is 0 Å². The van der Waals surface area contributed by atoms with Crippen molar-refractivity contribution in [3.05, 3.63) is 28.2 Å². The molecule has 1 aromatic carbocycles. The molecule has 1 N–H and O–H groups in total. The lowest BCUT2D eigenvalue weighted by Crippen LogP contribution is -2.43. The third-order valence-electron chi connectivity index (χ3n) is 4.49. The molecule has 0 amide bonds. The summed E-state index contributed by atoms with van der Waals surface area (Å²) in [6.07, 6.45) is 5.78. The predicted octanol–water partition coefficient (Wildman–Crippen LogP) is 4.46. The molecule has 0 saturated heterocycles.